The fraction of sp³-hybridized carbons (Fsp3) is 0.235. The quantitative estimate of drug-likeness (QED) is 0.793. The first-order chi connectivity index (χ1) is 11.7. The zero-order valence-corrected chi connectivity index (χ0v) is 14.3. The molecule has 2 aromatic rings. The summed E-state index contributed by atoms with van der Waals surface area (Å²) in [6.45, 7) is 1.73. The highest BCUT2D eigenvalue weighted by atomic mass is 35.5. The molecule has 2 N–H and O–H groups in total. The number of hydrogen-bond acceptors (Lipinski definition) is 2. The lowest BCUT2D eigenvalue weighted by Crippen LogP contribution is -2.28. The molecule has 0 heterocycles. The van der Waals surface area contributed by atoms with Crippen molar-refractivity contribution in [3.8, 4) is 5.75 Å². The van der Waals surface area contributed by atoms with Gasteiger partial charge in [-0.05, 0) is 48.4 Å². The van der Waals surface area contributed by atoms with Crippen LogP contribution < -0.4 is 15.4 Å². The Morgan fingerprint density at radius 3 is 2.52 bits per heavy atom. The molecule has 2 aromatic carbocycles. The van der Waals surface area contributed by atoms with Crippen molar-refractivity contribution in [2.24, 2.45) is 0 Å². The van der Waals surface area contributed by atoms with E-state index in [0.29, 0.717) is 17.0 Å². The molecule has 134 valence electrons. The van der Waals surface area contributed by atoms with Gasteiger partial charge in [-0.2, -0.15) is 13.2 Å². The molecule has 0 aliphatic rings. The van der Waals surface area contributed by atoms with E-state index >= 15 is 0 Å². The van der Waals surface area contributed by atoms with Gasteiger partial charge in [-0.3, -0.25) is 0 Å². The number of urea groups is 1. The Bertz CT molecular complexity index is 779. The van der Waals surface area contributed by atoms with Crippen molar-refractivity contribution in [1.82, 2.24) is 5.32 Å². The monoisotopic (exact) mass is 372 g/mol. The molecule has 2 amide bonds. The molecule has 0 unspecified atom stereocenters. The second kappa shape index (κ2) is 7.65. The molecule has 0 radical (unpaired) electrons. The summed E-state index contributed by atoms with van der Waals surface area (Å²) in [5.74, 6) is 0.657. The van der Waals surface area contributed by atoms with Crippen molar-refractivity contribution >= 4 is 23.3 Å². The molecule has 0 saturated carbocycles. The van der Waals surface area contributed by atoms with Gasteiger partial charge in [0, 0.05) is 12.2 Å². The van der Waals surface area contributed by atoms with Crippen LogP contribution >= 0.6 is 11.6 Å². The van der Waals surface area contributed by atoms with Gasteiger partial charge in [0.2, 0.25) is 0 Å². The van der Waals surface area contributed by atoms with E-state index in [2.05, 4.69) is 10.6 Å². The molecule has 0 bridgehead atoms. The van der Waals surface area contributed by atoms with E-state index < -0.39 is 17.8 Å². The van der Waals surface area contributed by atoms with Crippen LogP contribution in [0.15, 0.2) is 36.4 Å². The Hall–Kier alpha value is -2.41. The standard InChI is InChI=1S/C17H16ClF3N2O2/c1-10-7-12(25-2)4-6-15(10)23-16(24)22-9-11-3-5-14(18)13(8-11)17(19,20)21/h3-8H,9H2,1-2H3,(H2,22,23,24). The first-order valence-electron chi connectivity index (χ1n) is 7.26. The van der Waals surface area contributed by atoms with Crippen LogP contribution in [0.25, 0.3) is 0 Å². The molecule has 8 heteroatoms. The fourth-order valence-electron chi connectivity index (χ4n) is 2.15. The number of alkyl halides is 3. The lowest BCUT2D eigenvalue weighted by Gasteiger charge is -2.13. The second-order valence-corrected chi connectivity index (χ2v) is 5.71. The van der Waals surface area contributed by atoms with E-state index in [1.165, 1.54) is 13.2 Å². The number of carbonyl (C=O) groups is 1. The Balaban J connectivity index is 2.01. The number of carbonyl (C=O) groups excluding carboxylic acids is 1. The molecule has 2 rings (SSSR count). The summed E-state index contributed by atoms with van der Waals surface area (Å²) < 4.78 is 43.6. The van der Waals surface area contributed by atoms with E-state index in [1.807, 2.05) is 0 Å². The van der Waals surface area contributed by atoms with Crippen LogP contribution in [0.3, 0.4) is 0 Å². The second-order valence-electron chi connectivity index (χ2n) is 5.30. The average molecular weight is 373 g/mol. The highest BCUT2D eigenvalue weighted by Crippen LogP contribution is 2.35. The van der Waals surface area contributed by atoms with Crippen LogP contribution in [0.5, 0.6) is 5.75 Å². The molecule has 0 saturated heterocycles. The van der Waals surface area contributed by atoms with Crippen LogP contribution in [0.1, 0.15) is 16.7 Å². The minimum absolute atomic E-state index is 0.0682. The predicted molar refractivity (Wildman–Crippen MR) is 90.0 cm³/mol. The highest BCUT2D eigenvalue weighted by molar-refractivity contribution is 6.31. The largest absolute Gasteiger partial charge is 0.497 e. The van der Waals surface area contributed by atoms with Crippen molar-refractivity contribution in [3.63, 3.8) is 0 Å². The third-order valence-corrected chi connectivity index (χ3v) is 3.80. The molecule has 4 nitrogen and oxygen atoms in total. The smallest absolute Gasteiger partial charge is 0.417 e. The SMILES string of the molecule is COc1ccc(NC(=O)NCc2ccc(Cl)c(C(F)(F)F)c2)c(C)c1. The van der Waals surface area contributed by atoms with Crippen LogP contribution in [0.4, 0.5) is 23.7 Å². The van der Waals surface area contributed by atoms with Crippen LogP contribution in [0, 0.1) is 6.92 Å². The Kier molecular flexibility index (Phi) is 5.79. The Labute approximate surface area is 147 Å². The lowest BCUT2D eigenvalue weighted by molar-refractivity contribution is -0.137. The molecule has 0 spiro atoms. The van der Waals surface area contributed by atoms with Gasteiger partial charge in [0.05, 0.1) is 17.7 Å². The number of hydrogen-bond donors (Lipinski definition) is 2. The van der Waals surface area contributed by atoms with E-state index in [4.69, 9.17) is 16.3 Å². The molecule has 0 aliphatic heterocycles. The van der Waals surface area contributed by atoms with Crippen molar-refractivity contribution in [1.29, 1.82) is 0 Å². The van der Waals surface area contributed by atoms with Crippen LogP contribution in [0.2, 0.25) is 5.02 Å². The third-order valence-electron chi connectivity index (χ3n) is 3.47. The van der Waals surface area contributed by atoms with Gasteiger partial charge in [0.15, 0.2) is 0 Å². The van der Waals surface area contributed by atoms with Crippen molar-refractivity contribution < 1.29 is 22.7 Å². The maximum atomic E-state index is 12.8. The van der Waals surface area contributed by atoms with Gasteiger partial charge in [-0.1, -0.05) is 17.7 Å². The van der Waals surface area contributed by atoms with Crippen molar-refractivity contribution in [3.05, 3.63) is 58.1 Å². The van der Waals surface area contributed by atoms with Gasteiger partial charge < -0.3 is 15.4 Å². The summed E-state index contributed by atoms with van der Waals surface area (Å²) in [6.07, 6.45) is -4.55. The first-order valence-corrected chi connectivity index (χ1v) is 7.63. The molecular weight excluding hydrogens is 357 g/mol. The van der Waals surface area contributed by atoms with Crippen molar-refractivity contribution in [2.45, 2.75) is 19.6 Å². The molecule has 0 aliphatic carbocycles. The van der Waals surface area contributed by atoms with Crippen LogP contribution in [-0.4, -0.2) is 13.1 Å². The number of methoxy groups -OCH3 is 1. The molecule has 0 atom stereocenters. The molecule has 0 aromatic heterocycles. The lowest BCUT2D eigenvalue weighted by atomic mass is 10.1. The molecule has 0 fully saturated rings. The summed E-state index contributed by atoms with van der Waals surface area (Å²) in [4.78, 5) is 11.9. The van der Waals surface area contributed by atoms with E-state index in [1.54, 1.807) is 25.1 Å². The Morgan fingerprint density at radius 2 is 1.92 bits per heavy atom. The topological polar surface area (TPSA) is 50.4 Å². The minimum atomic E-state index is -4.55. The fourth-order valence-corrected chi connectivity index (χ4v) is 2.38. The molecule has 25 heavy (non-hydrogen) atoms. The number of nitrogens with one attached hydrogen (secondary N) is 2. The van der Waals surface area contributed by atoms with Gasteiger partial charge >= 0.3 is 12.2 Å². The number of aryl methyl sites for hydroxylation is 1. The van der Waals surface area contributed by atoms with E-state index in [-0.39, 0.29) is 11.6 Å². The number of benzene rings is 2. The van der Waals surface area contributed by atoms with Gasteiger partial charge in [-0.25, -0.2) is 4.79 Å². The summed E-state index contributed by atoms with van der Waals surface area (Å²) in [7, 11) is 1.54. The normalized spacial score (nSPS) is 11.1. The van der Waals surface area contributed by atoms with Gasteiger partial charge in [0.1, 0.15) is 5.75 Å². The summed E-state index contributed by atoms with van der Waals surface area (Å²) >= 11 is 5.56. The third kappa shape index (κ3) is 5.03. The number of anilines is 1. The number of rotatable bonds is 4. The van der Waals surface area contributed by atoms with E-state index in [0.717, 1.165) is 17.7 Å². The highest BCUT2D eigenvalue weighted by Gasteiger charge is 2.33. The maximum Gasteiger partial charge on any atom is 0.417 e. The molecular formula is C17H16ClF3N2O2. The van der Waals surface area contributed by atoms with Gasteiger partial charge in [0.25, 0.3) is 0 Å². The van der Waals surface area contributed by atoms with Gasteiger partial charge in [-0.15, -0.1) is 0 Å². The number of ether oxygens (including phenoxy) is 1. The summed E-state index contributed by atoms with van der Waals surface area (Å²) in [5.41, 5.74) is 0.726. The first kappa shape index (κ1) is 18.9. The maximum absolute atomic E-state index is 12.8. The average Bonchev–Trinajstić information content (AvgIpc) is 2.55. The summed E-state index contributed by atoms with van der Waals surface area (Å²) in [5, 5.41) is 4.76. The minimum Gasteiger partial charge on any atom is -0.497 e. The number of amides is 2. The van der Waals surface area contributed by atoms with E-state index in [9.17, 15) is 18.0 Å². The zero-order valence-electron chi connectivity index (χ0n) is 13.5. The summed E-state index contributed by atoms with van der Waals surface area (Å²) in [6, 6.07) is 8.10. The number of halogens is 4. The predicted octanol–water partition coefficient (Wildman–Crippen LogP) is 5.00. The Morgan fingerprint density at radius 1 is 1.20 bits per heavy atom. The van der Waals surface area contributed by atoms with Crippen molar-refractivity contribution in [2.75, 3.05) is 12.4 Å². The van der Waals surface area contributed by atoms with Crippen LogP contribution in [-0.2, 0) is 12.7 Å². The zero-order chi connectivity index (χ0) is 18.6.